The number of aryl methyl sites for hydroxylation is 1. The number of rotatable bonds is 5. The summed E-state index contributed by atoms with van der Waals surface area (Å²) in [4.78, 5) is 21.4. The van der Waals surface area contributed by atoms with Crippen LogP contribution in [0.3, 0.4) is 0 Å². The van der Waals surface area contributed by atoms with E-state index in [0.29, 0.717) is 19.1 Å². The first-order valence-corrected chi connectivity index (χ1v) is 10.3. The Morgan fingerprint density at radius 1 is 1.15 bits per heavy atom. The van der Waals surface area contributed by atoms with E-state index in [2.05, 4.69) is 47.3 Å². The van der Waals surface area contributed by atoms with Gasteiger partial charge in [-0.15, -0.1) is 11.3 Å². The predicted molar refractivity (Wildman–Crippen MR) is 111 cm³/mol. The summed E-state index contributed by atoms with van der Waals surface area (Å²) in [6.45, 7) is 0.994. The van der Waals surface area contributed by atoms with Gasteiger partial charge in [0.05, 0.1) is 23.3 Å². The van der Waals surface area contributed by atoms with E-state index in [0.717, 1.165) is 23.4 Å². The van der Waals surface area contributed by atoms with Crippen LogP contribution in [-0.2, 0) is 17.8 Å². The van der Waals surface area contributed by atoms with Crippen molar-refractivity contribution in [1.82, 2.24) is 14.8 Å². The van der Waals surface area contributed by atoms with E-state index in [1.807, 2.05) is 25.2 Å². The van der Waals surface area contributed by atoms with Crippen LogP contribution in [0.25, 0.3) is 10.2 Å². The summed E-state index contributed by atoms with van der Waals surface area (Å²) < 4.78 is 1.17. The fraction of sp³-hybridized carbons (Fsp3) is 0.364. The van der Waals surface area contributed by atoms with Crippen LogP contribution in [-0.4, -0.2) is 41.3 Å². The molecule has 4 nitrogen and oxygen atoms in total. The number of likely N-dealkylation sites (N-methyl/N-ethyl adjacent to an activating group) is 2. The average Bonchev–Trinajstić information content (AvgIpc) is 3.09. The molecule has 0 saturated carbocycles. The lowest BCUT2D eigenvalue weighted by molar-refractivity contribution is -0.131. The molecule has 5 heteroatoms. The Hall–Kier alpha value is -2.24. The monoisotopic (exact) mass is 379 g/mol. The third-order valence-corrected chi connectivity index (χ3v) is 6.41. The maximum absolute atomic E-state index is 12.8. The summed E-state index contributed by atoms with van der Waals surface area (Å²) in [6, 6.07) is 17.1. The van der Waals surface area contributed by atoms with Gasteiger partial charge in [-0.1, -0.05) is 36.4 Å². The Morgan fingerprint density at radius 2 is 1.93 bits per heavy atom. The number of carbonyl (C=O) groups is 1. The van der Waals surface area contributed by atoms with Crippen LogP contribution >= 0.6 is 11.3 Å². The minimum atomic E-state index is 0.139. The van der Waals surface area contributed by atoms with Gasteiger partial charge in [0.25, 0.3) is 0 Å². The van der Waals surface area contributed by atoms with E-state index in [9.17, 15) is 4.79 Å². The van der Waals surface area contributed by atoms with Crippen molar-refractivity contribution in [2.24, 2.45) is 0 Å². The van der Waals surface area contributed by atoms with Gasteiger partial charge in [-0.2, -0.15) is 0 Å². The van der Waals surface area contributed by atoms with Gasteiger partial charge in [-0.05, 0) is 49.6 Å². The molecule has 0 aliphatic heterocycles. The highest BCUT2D eigenvalue weighted by Crippen LogP contribution is 2.33. The number of thiazole rings is 1. The van der Waals surface area contributed by atoms with Gasteiger partial charge < -0.3 is 4.90 Å². The molecule has 0 unspecified atom stereocenters. The number of benzene rings is 2. The van der Waals surface area contributed by atoms with Crippen molar-refractivity contribution in [3.05, 3.63) is 64.7 Å². The van der Waals surface area contributed by atoms with E-state index >= 15 is 0 Å². The first-order valence-electron chi connectivity index (χ1n) is 9.48. The van der Waals surface area contributed by atoms with E-state index in [1.165, 1.54) is 22.2 Å². The van der Waals surface area contributed by atoms with Gasteiger partial charge >= 0.3 is 0 Å². The lowest BCUT2D eigenvalue weighted by atomic mass is 9.87. The minimum absolute atomic E-state index is 0.139. The molecule has 140 valence electrons. The standard InChI is InChI=1S/C22H25N3OS/c1-24(19-12-7-9-16-8-3-4-10-17(16)19)15-22(26)25(2)14-21-23-18-11-5-6-13-20(18)27-21/h3-6,8,10-11,13,19H,7,9,12,14-15H2,1-2H3/t19-/m1/s1. The number of hydrogen-bond acceptors (Lipinski definition) is 4. The van der Waals surface area contributed by atoms with E-state index < -0.39 is 0 Å². The van der Waals surface area contributed by atoms with Crippen molar-refractivity contribution < 1.29 is 4.79 Å². The molecule has 3 aromatic rings. The number of fused-ring (bicyclic) bond motifs is 2. The second kappa shape index (κ2) is 7.79. The van der Waals surface area contributed by atoms with Gasteiger partial charge in [0.1, 0.15) is 5.01 Å². The van der Waals surface area contributed by atoms with Crippen LogP contribution in [0, 0.1) is 0 Å². The Labute approximate surface area is 164 Å². The zero-order chi connectivity index (χ0) is 18.8. The summed E-state index contributed by atoms with van der Waals surface area (Å²) in [6.07, 6.45) is 3.44. The van der Waals surface area contributed by atoms with Crippen molar-refractivity contribution in [1.29, 1.82) is 0 Å². The summed E-state index contributed by atoms with van der Waals surface area (Å²) in [7, 11) is 3.94. The number of amides is 1. The normalized spacial score (nSPS) is 16.5. The Kier molecular flexibility index (Phi) is 5.23. The molecule has 1 aliphatic carbocycles. The van der Waals surface area contributed by atoms with E-state index in [-0.39, 0.29) is 5.91 Å². The van der Waals surface area contributed by atoms with Crippen molar-refractivity contribution in [2.75, 3.05) is 20.6 Å². The molecule has 0 radical (unpaired) electrons. The maximum atomic E-state index is 12.8. The number of nitrogens with zero attached hydrogens (tertiary/aromatic N) is 3. The largest absolute Gasteiger partial charge is 0.338 e. The highest BCUT2D eigenvalue weighted by Gasteiger charge is 2.25. The lowest BCUT2D eigenvalue weighted by Gasteiger charge is -2.33. The molecule has 1 aliphatic rings. The summed E-state index contributed by atoms with van der Waals surface area (Å²) in [5, 5.41) is 0.984. The van der Waals surface area contributed by atoms with Gasteiger partial charge in [0.2, 0.25) is 5.91 Å². The van der Waals surface area contributed by atoms with Crippen LogP contribution in [0.4, 0.5) is 0 Å². The summed E-state index contributed by atoms with van der Waals surface area (Å²) in [5.74, 6) is 0.139. The fourth-order valence-electron chi connectivity index (χ4n) is 3.91. The third kappa shape index (κ3) is 3.89. The van der Waals surface area contributed by atoms with Crippen LogP contribution in [0.1, 0.15) is 35.0 Å². The van der Waals surface area contributed by atoms with Crippen LogP contribution in [0.15, 0.2) is 48.5 Å². The van der Waals surface area contributed by atoms with Gasteiger partial charge in [-0.3, -0.25) is 9.69 Å². The minimum Gasteiger partial charge on any atom is -0.338 e. The predicted octanol–water partition coefficient (Wildman–Crippen LogP) is 4.26. The van der Waals surface area contributed by atoms with Crippen molar-refractivity contribution in [2.45, 2.75) is 31.8 Å². The molecule has 0 N–H and O–H groups in total. The Balaban J connectivity index is 1.41. The smallest absolute Gasteiger partial charge is 0.236 e. The zero-order valence-corrected chi connectivity index (χ0v) is 16.7. The third-order valence-electron chi connectivity index (χ3n) is 5.39. The van der Waals surface area contributed by atoms with Crippen molar-refractivity contribution >= 4 is 27.5 Å². The van der Waals surface area contributed by atoms with Gasteiger partial charge in [0.15, 0.2) is 0 Å². The molecule has 2 aromatic carbocycles. The molecule has 0 saturated heterocycles. The summed E-state index contributed by atoms with van der Waals surface area (Å²) in [5.41, 5.74) is 3.82. The molecule has 1 aromatic heterocycles. The summed E-state index contributed by atoms with van der Waals surface area (Å²) >= 11 is 1.66. The molecular weight excluding hydrogens is 354 g/mol. The topological polar surface area (TPSA) is 36.4 Å². The molecule has 27 heavy (non-hydrogen) atoms. The van der Waals surface area contributed by atoms with Crippen LogP contribution in [0.5, 0.6) is 0 Å². The molecule has 0 bridgehead atoms. The highest BCUT2D eigenvalue weighted by atomic mass is 32.1. The number of hydrogen-bond donors (Lipinski definition) is 0. The Morgan fingerprint density at radius 3 is 2.78 bits per heavy atom. The molecule has 0 fully saturated rings. The highest BCUT2D eigenvalue weighted by molar-refractivity contribution is 7.18. The van der Waals surface area contributed by atoms with E-state index in [1.54, 1.807) is 16.2 Å². The maximum Gasteiger partial charge on any atom is 0.236 e. The SMILES string of the molecule is CN(Cc1nc2ccccc2s1)C(=O)CN(C)[C@@H]1CCCc2ccccc21. The van der Waals surface area contributed by atoms with Crippen molar-refractivity contribution in [3.63, 3.8) is 0 Å². The van der Waals surface area contributed by atoms with Gasteiger partial charge in [0, 0.05) is 13.1 Å². The first-order chi connectivity index (χ1) is 13.1. The molecular formula is C22H25N3OS. The molecule has 1 amide bonds. The average molecular weight is 380 g/mol. The fourth-order valence-corrected chi connectivity index (χ4v) is 4.93. The van der Waals surface area contributed by atoms with Gasteiger partial charge in [-0.25, -0.2) is 4.98 Å². The quantitative estimate of drug-likeness (QED) is 0.664. The number of para-hydroxylation sites is 1. The number of aromatic nitrogens is 1. The lowest BCUT2D eigenvalue weighted by Crippen LogP contribution is -2.38. The van der Waals surface area contributed by atoms with E-state index in [4.69, 9.17) is 0 Å². The Bertz CT molecular complexity index is 918. The van der Waals surface area contributed by atoms with Crippen LogP contribution in [0.2, 0.25) is 0 Å². The molecule has 0 spiro atoms. The van der Waals surface area contributed by atoms with Crippen LogP contribution < -0.4 is 0 Å². The van der Waals surface area contributed by atoms with Crippen molar-refractivity contribution in [3.8, 4) is 0 Å². The molecule has 4 rings (SSSR count). The first kappa shape index (κ1) is 18.1. The number of carbonyl (C=O) groups excluding carboxylic acids is 1. The zero-order valence-electron chi connectivity index (χ0n) is 15.9. The second-order valence-corrected chi connectivity index (χ2v) is 8.46. The molecule has 1 atom stereocenters. The molecule has 1 heterocycles. The second-order valence-electron chi connectivity index (χ2n) is 7.35.